The molecule has 0 bridgehead atoms. The lowest BCUT2D eigenvalue weighted by Crippen LogP contribution is -2.31. The molecule has 0 aliphatic heterocycles. The van der Waals surface area contributed by atoms with Gasteiger partial charge in [0, 0.05) is 24.0 Å². The van der Waals surface area contributed by atoms with E-state index in [1.165, 1.54) is 35.2 Å². The van der Waals surface area contributed by atoms with Crippen LogP contribution in [0, 0.1) is 11.6 Å². The van der Waals surface area contributed by atoms with Gasteiger partial charge in [-0.2, -0.15) is 0 Å². The third-order valence-corrected chi connectivity index (χ3v) is 5.32. The number of hydrogen-bond acceptors (Lipinski definition) is 3. The van der Waals surface area contributed by atoms with Crippen molar-refractivity contribution in [3.05, 3.63) is 126 Å². The summed E-state index contributed by atoms with van der Waals surface area (Å²) in [6.45, 7) is 2.16. The largest absolute Gasteiger partial charge is 0.363 e. The molecule has 4 aromatic rings. The summed E-state index contributed by atoms with van der Waals surface area (Å²) < 4.78 is 27.8. The number of nitrogens with zero attached hydrogens (tertiary/aromatic N) is 2. The molecule has 0 aliphatic rings. The topological polar surface area (TPSA) is 45.2 Å². The number of hydrogen-bond donors (Lipinski definition) is 1. The molecule has 1 amide bonds. The Morgan fingerprint density at radius 2 is 1.64 bits per heavy atom. The fraction of sp³-hybridized carbons (Fsp3) is 0.111. The number of nitrogens with one attached hydrogen (secondary N) is 1. The number of halogens is 2. The summed E-state index contributed by atoms with van der Waals surface area (Å²) in [5.74, 6) is -0.882. The Bertz CT molecular complexity index is 1230. The summed E-state index contributed by atoms with van der Waals surface area (Å²) >= 11 is 0. The summed E-state index contributed by atoms with van der Waals surface area (Å²) in [5, 5.41) is 3.34. The molecule has 1 aromatic heterocycles. The maximum Gasteiger partial charge on any atom is 0.261 e. The monoisotopic (exact) mass is 443 g/mol. The van der Waals surface area contributed by atoms with Crippen LogP contribution in [0.1, 0.15) is 34.5 Å². The fourth-order valence-corrected chi connectivity index (χ4v) is 3.55. The molecule has 4 nitrogen and oxygen atoms in total. The molecule has 1 atom stereocenters. The normalized spacial score (nSPS) is 11.6. The highest BCUT2D eigenvalue weighted by molar-refractivity contribution is 6.06. The van der Waals surface area contributed by atoms with Crippen molar-refractivity contribution in [1.82, 2.24) is 4.98 Å². The quantitative estimate of drug-likeness (QED) is 0.360. The predicted octanol–water partition coefficient (Wildman–Crippen LogP) is 6.38. The van der Waals surface area contributed by atoms with E-state index in [1.807, 2.05) is 37.3 Å². The number of amides is 1. The minimum absolute atomic E-state index is 0.0123. The van der Waals surface area contributed by atoms with Gasteiger partial charge in [0.2, 0.25) is 0 Å². The van der Waals surface area contributed by atoms with Crippen LogP contribution in [-0.2, 0) is 6.54 Å². The van der Waals surface area contributed by atoms with Crippen LogP contribution in [-0.4, -0.2) is 10.9 Å². The molecule has 0 saturated carbocycles. The first kappa shape index (κ1) is 22.1. The Hall–Kier alpha value is -4.06. The van der Waals surface area contributed by atoms with Crippen molar-refractivity contribution in [2.45, 2.75) is 19.5 Å². The Labute approximate surface area is 191 Å². The van der Waals surface area contributed by atoms with Crippen molar-refractivity contribution in [1.29, 1.82) is 0 Å². The van der Waals surface area contributed by atoms with Crippen LogP contribution in [0.3, 0.4) is 0 Å². The Balaban J connectivity index is 1.66. The molecule has 33 heavy (non-hydrogen) atoms. The molecule has 0 radical (unpaired) electrons. The van der Waals surface area contributed by atoms with E-state index in [2.05, 4.69) is 10.3 Å². The van der Waals surface area contributed by atoms with Crippen molar-refractivity contribution in [2.24, 2.45) is 0 Å². The lowest BCUT2D eigenvalue weighted by atomic mass is 10.1. The van der Waals surface area contributed by atoms with Gasteiger partial charge in [-0.15, -0.1) is 0 Å². The van der Waals surface area contributed by atoms with Crippen molar-refractivity contribution >= 4 is 17.4 Å². The number of carbonyl (C=O) groups is 1. The van der Waals surface area contributed by atoms with Crippen molar-refractivity contribution in [3.8, 4) is 0 Å². The van der Waals surface area contributed by atoms with E-state index in [0.717, 1.165) is 5.56 Å². The summed E-state index contributed by atoms with van der Waals surface area (Å²) in [6, 6.07) is 25.1. The maximum atomic E-state index is 14.4. The summed E-state index contributed by atoms with van der Waals surface area (Å²) in [6.07, 6.45) is 1.60. The highest BCUT2D eigenvalue weighted by atomic mass is 19.1. The van der Waals surface area contributed by atoms with E-state index in [9.17, 15) is 13.6 Å². The molecule has 3 aromatic carbocycles. The molecule has 6 heteroatoms. The molecule has 1 heterocycles. The molecule has 0 saturated heterocycles. The molecular weight excluding hydrogens is 420 g/mol. The zero-order chi connectivity index (χ0) is 23.2. The highest BCUT2D eigenvalue weighted by Gasteiger charge is 2.22. The molecule has 4 rings (SSSR count). The zero-order valence-corrected chi connectivity index (χ0v) is 18.1. The smallest absolute Gasteiger partial charge is 0.261 e. The third-order valence-electron chi connectivity index (χ3n) is 5.32. The van der Waals surface area contributed by atoms with E-state index in [0.29, 0.717) is 17.1 Å². The van der Waals surface area contributed by atoms with Gasteiger partial charge in [0.15, 0.2) is 0 Å². The van der Waals surface area contributed by atoms with Gasteiger partial charge in [-0.25, -0.2) is 13.8 Å². The Morgan fingerprint density at radius 3 is 2.36 bits per heavy atom. The number of pyridine rings is 1. The second-order valence-corrected chi connectivity index (χ2v) is 7.67. The molecule has 1 N–H and O–H groups in total. The van der Waals surface area contributed by atoms with E-state index in [-0.39, 0.29) is 24.0 Å². The molecular formula is C27H23F2N3O. The number of rotatable bonds is 7. The van der Waals surface area contributed by atoms with Gasteiger partial charge >= 0.3 is 0 Å². The minimum Gasteiger partial charge on any atom is -0.363 e. The van der Waals surface area contributed by atoms with Crippen molar-refractivity contribution in [3.63, 3.8) is 0 Å². The molecule has 0 fully saturated rings. The zero-order valence-electron chi connectivity index (χ0n) is 18.1. The maximum absolute atomic E-state index is 14.4. The van der Waals surface area contributed by atoms with Crippen LogP contribution in [0.5, 0.6) is 0 Å². The average molecular weight is 443 g/mol. The SMILES string of the molecule is C[C@H](Nc1cc(N(Cc2ccc(F)cc2)C(=O)c2ccccc2F)ccn1)c1ccccc1. The van der Waals surface area contributed by atoms with Crippen molar-refractivity contribution in [2.75, 3.05) is 10.2 Å². The highest BCUT2D eigenvalue weighted by Crippen LogP contribution is 2.25. The van der Waals surface area contributed by atoms with Crippen LogP contribution >= 0.6 is 0 Å². The first-order valence-corrected chi connectivity index (χ1v) is 10.6. The van der Waals surface area contributed by atoms with Gasteiger partial charge in [-0.1, -0.05) is 54.6 Å². The summed E-state index contributed by atoms with van der Waals surface area (Å²) in [7, 11) is 0. The van der Waals surface area contributed by atoms with Gasteiger partial charge in [-0.3, -0.25) is 4.79 Å². The van der Waals surface area contributed by atoms with Crippen LogP contribution in [0.15, 0.2) is 97.2 Å². The van der Waals surface area contributed by atoms with Gasteiger partial charge < -0.3 is 10.2 Å². The van der Waals surface area contributed by atoms with E-state index in [1.54, 1.807) is 36.5 Å². The third kappa shape index (κ3) is 5.41. The van der Waals surface area contributed by atoms with E-state index < -0.39 is 11.7 Å². The van der Waals surface area contributed by atoms with Gasteiger partial charge in [-0.05, 0) is 48.4 Å². The van der Waals surface area contributed by atoms with Gasteiger partial charge in [0.05, 0.1) is 12.1 Å². The second-order valence-electron chi connectivity index (χ2n) is 7.67. The van der Waals surface area contributed by atoms with Gasteiger partial charge in [0.25, 0.3) is 5.91 Å². The van der Waals surface area contributed by atoms with Gasteiger partial charge in [0.1, 0.15) is 17.5 Å². The predicted molar refractivity (Wildman–Crippen MR) is 126 cm³/mol. The Kier molecular flexibility index (Phi) is 6.74. The van der Waals surface area contributed by atoms with Crippen LogP contribution in [0.2, 0.25) is 0 Å². The average Bonchev–Trinajstić information content (AvgIpc) is 2.84. The second kappa shape index (κ2) is 10.0. The number of aromatic nitrogens is 1. The summed E-state index contributed by atoms with van der Waals surface area (Å²) in [4.78, 5) is 19.2. The number of carbonyl (C=O) groups excluding carboxylic acids is 1. The number of benzene rings is 3. The van der Waals surface area contributed by atoms with Crippen LogP contribution in [0.25, 0.3) is 0 Å². The van der Waals surface area contributed by atoms with E-state index >= 15 is 0 Å². The molecule has 166 valence electrons. The molecule has 0 unspecified atom stereocenters. The van der Waals surface area contributed by atoms with E-state index in [4.69, 9.17) is 0 Å². The van der Waals surface area contributed by atoms with Crippen molar-refractivity contribution < 1.29 is 13.6 Å². The molecule has 0 aliphatic carbocycles. The first-order valence-electron chi connectivity index (χ1n) is 10.6. The Morgan fingerprint density at radius 1 is 0.939 bits per heavy atom. The van der Waals surface area contributed by atoms with Crippen LogP contribution < -0.4 is 10.2 Å². The number of anilines is 2. The first-order chi connectivity index (χ1) is 16.0. The lowest BCUT2D eigenvalue weighted by Gasteiger charge is -2.24. The molecule has 0 spiro atoms. The summed E-state index contributed by atoms with van der Waals surface area (Å²) in [5.41, 5.74) is 2.31. The van der Waals surface area contributed by atoms with Crippen LogP contribution in [0.4, 0.5) is 20.3 Å². The minimum atomic E-state index is -0.600. The standard InChI is InChI=1S/C27H23F2N3O/c1-19(21-7-3-2-4-8-21)31-26-17-23(15-16-30-26)32(18-20-11-13-22(28)14-12-20)27(33)24-9-5-6-10-25(24)29/h2-17,19H,18H2,1H3,(H,30,31)/t19-/m0/s1. The lowest BCUT2D eigenvalue weighted by molar-refractivity contribution is 0.0981. The fourth-order valence-electron chi connectivity index (χ4n) is 3.55.